The van der Waals surface area contributed by atoms with E-state index in [4.69, 9.17) is 0 Å². The van der Waals surface area contributed by atoms with Crippen molar-refractivity contribution >= 4 is 29.1 Å². The standard InChI is InChI=1S/C20H22N4O3/c1-13-4-8-18(9-5-13)22-19(26)12-14(2)23-24-20(27)16-6-10-17(11-7-16)21-15(3)25/h4-12,23H,1-3H3,(H,21,25)(H,22,26)(H,24,27). The van der Waals surface area contributed by atoms with Crippen LogP contribution in [0.15, 0.2) is 60.3 Å². The molecule has 0 aliphatic carbocycles. The number of allylic oxidation sites excluding steroid dienone is 1. The molecule has 0 aliphatic heterocycles. The molecule has 3 amide bonds. The first-order chi connectivity index (χ1) is 12.8. The van der Waals surface area contributed by atoms with Gasteiger partial charge in [-0.2, -0.15) is 0 Å². The van der Waals surface area contributed by atoms with Crippen LogP contribution in [0, 0.1) is 6.92 Å². The maximum Gasteiger partial charge on any atom is 0.269 e. The fraction of sp³-hybridized carbons (Fsp3) is 0.150. The summed E-state index contributed by atoms with van der Waals surface area (Å²) in [5.74, 6) is -0.854. The van der Waals surface area contributed by atoms with Gasteiger partial charge in [-0.15, -0.1) is 0 Å². The quantitative estimate of drug-likeness (QED) is 0.467. The van der Waals surface area contributed by atoms with Gasteiger partial charge in [0.05, 0.1) is 0 Å². The number of benzene rings is 2. The van der Waals surface area contributed by atoms with E-state index in [2.05, 4.69) is 21.5 Å². The van der Waals surface area contributed by atoms with Crippen molar-refractivity contribution < 1.29 is 14.4 Å². The van der Waals surface area contributed by atoms with Crippen molar-refractivity contribution in [3.63, 3.8) is 0 Å². The summed E-state index contributed by atoms with van der Waals surface area (Å²) in [6.07, 6.45) is 1.35. The minimum absolute atomic E-state index is 0.182. The van der Waals surface area contributed by atoms with Gasteiger partial charge < -0.3 is 16.1 Å². The lowest BCUT2D eigenvalue weighted by molar-refractivity contribution is -0.114. The number of hydrogen-bond acceptors (Lipinski definition) is 4. The van der Waals surface area contributed by atoms with Crippen LogP contribution in [0.1, 0.15) is 29.8 Å². The van der Waals surface area contributed by atoms with Gasteiger partial charge in [0.2, 0.25) is 11.8 Å². The normalized spacial score (nSPS) is 10.7. The fourth-order valence-electron chi connectivity index (χ4n) is 2.18. The van der Waals surface area contributed by atoms with Gasteiger partial charge in [0, 0.05) is 35.6 Å². The molecule has 7 nitrogen and oxygen atoms in total. The number of carbonyl (C=O) groups is 3. The molecule has 0 radical (unpaired) electrons. The second-order valence-electron chi connectivity index (χ2n) is 6.02. The van der Waals surface area contributed by atoms with Crippen LogP contribution >= 0.6 is 0 Å². The molecule has 0 aliphatic rings. The Hall–Kier alpha value is -3.61. The molecule has 0 saturated carbocycles. The molecule has 7 heteroatoms. The minimum atomic E-state index is -0.365. The van der Waals surface area contributed by atoms with E-state index in [1.54, 1.807) is 31.2 Å². The second kappa shape index (κ2) is 9.19. The van der Waals surface area contributed by atoms with Crippen molar-refractivity contribution in [2.75, 3.05) is 10.6 Å². The molecular formula is C20H22N4O3. The molecule has 0 heterocycles. The zero-order chi connectivity index (χ0) is 19.8. The van der Waals surface area contributed by atoms with Crippen molar-refractivity contribution in [1.29, 1.82) is 0 Å². The summed E-state index contributed by atoms with van der Waals surface area (Å²) in [6.45, 7) is 5.04. The van der Waals surface area contributed by atoms with Crippen molar-refractivity contribution in [2.45, 2.75) is 20.8 Å². The molecule has 2 aromatic carbocycles. The van der Waals surface area contributed by atoms with Crippen LogP contribution in [-0.2, 0) is 9.59 Å². The van der Waals surface area contributed by atoms with Crippen LogP contribution in [0.5, 0.6) is 0 Å². The third-order valence-electron chi connectivity index (χ3n) is 3.51. The maximum absolute atomic E-state index is 12.1. The van der Waals surface area contributed by atoms with Gasteiger partial charge in [-0.1, -0.05) is 17.7 Å². The summed E-state index contributed by atoms with van der Waals surface area (Å²) in [6, 6.07) is 13.9. The molecular weight excluding hydrogens is 344 g/mol. The Morgan fingerprint density at radius 2 is 1.33 bits per heavy atom. The highest BCUT2D eigenvalue weighted by Crippen LogP contribution is 2.10. The Bertz CT molecular complexity index is 856. The number of carbonyl (C=O) groups excluding carboxylic acids is 3. The number of hydrogen-bond donors (Lipinski definition) is 4. The van der Waals surface area contributed by atoms with Crippen molar-refractivity contribution in [1.82, 2.24) is 10.9 Å². The van der Waals surface area contributed by atoms with Crippen molar-refractivity contribution in [3.8, 4) is 0 Å². The summed E-state index contributed by atoms with van der Waals surface area (Å²) in [5.41, 5.74) is 8.49. The van der Waals surface area contributed by atoms with E-state index in [1.807, 2.05) is 31.2 Å². The zero-order valence-electron chi connectivity index (χ0n) is 15.4. The molecule has 2 aromatic rings. The number of rotatable bonds is 6. The van der Waals surface area contributed by atoms with E-state index in [0.717, 1.165) is 5.56 Å². The Labute approximate surface area is 157 Å². The lowest BCUT2D eigenvalue weighted by Gasteiger charge is -2.10. The predicted octanol–water partition coefficient (Wildman–Crippen LogP) is 2.73. The van der Waals surface area contributed by atoms with Gasteiger partial charge in [0.1, 0.15) is 0 Å². The predicted molar refractivity (Wildman–Crippen MR) is 105 cm³/mol. The first-order valence-electron chi connectivity index (χ1n) is 8.33. The van der Waals surface area contributed by atoms with E-state index >= 15 is 0 Å². The smallest absolute Gasteiger partial charge is 0.269 e. The number of anilines is 2. The topological polar surface area (TPSA) is 99.3 Å². The first kappa shape index (κ1) is 19.7. The molecule has 0 saturated heterocycles. The van der Waals surface area contributed by atoms with E-state index in [0.29, 0.717) is 22.6 Å². The van der Waals surface area contributed by atoms with E-state index in [1.165, 1.54) is 13.0 Å². The average Bonchev–Trinajstić information content (AvgIpc) is 2.61. The van der Waals surface area contributed by atoms with Gasteiger partial charge in [-0.25, -0.2) is 0 Å². The zero-order valence-corrected chi connectivity index (χ0v) is 15.4. The SMILES string of the molecule is CC(=O)Nc1ccc(C(=O)NNC(C)=CC(=O)Nc2ccc(C)cc2)cc1. The van der Waals surface area contributed by atoms with Crippen molar-refractivity contribution in [2.24, 2.45) is 0 Å². The van der Waals surface area contributed by atoms with Crippen LogP contribution in [0.25, 0.3) is 0 Å². The van der Waals surface area contributed by atoms with Crippen LogP contribution in [0.2, 0.25) is 0 Å². The number of aryl methyl sites for hydroxylation is 1. The van der Waals surface area contributed by atoms with Crippen LogP contribution in [-0.4, -0.2) is 17.7 Å². The first-order valence-corrected chi connectivity index (χ1v) is 8.33. The number of amides is 3. The summed E-state index contributed by atoms with van der Waals surface area (Å²) in [5, 5.41) is 5.36. The highest BCUT2D eigenvalue weighted by atomic mass is 16.2. The highest BCUT2D eigenvalue weighted by Gasteiger charge is 2.06. The molecule has 0 spiro atoms. The summed E-state index contributed by atoms with van der Waals surface area (Å²) < 4.78 is 0. The van der Waals surface area contributed by atoms with Gasteiger partial charge in [-0.3, -0.25) is 19.8 Å². The van der Waals surface area contributed by atoms with Gasteiger partial charge in [0.25, 0.3) is 5.91 Å². The maximum atomic E-state index is 12.1. The fourth-order valence-corrected chi connectivity index (χ4v) is 2.18. The van der Waals surface area contributed by atoms with Gasteiger partial charge in [0.15, 0.2) is 0 Å². The third-order valence-corrected chi connectivity index (χ3v) is 3.51. The monoisotopic (exact) mass is 366 g/mol. The highest BCUT2D eigenvalue weighted by molar-refractivity contribution is 6.00. The summed E-state index contributed by atoms with van der Waals surface area (Å²) >= 11 is 0. The van der Waals surface area contributed by atoms with Crippen LogP contribution in [0.3, 0.4) is 0 Å². The molecule has 0 fully saturated rings. The Kier molecular flexibility index (Phi) is 6.71. The molecule has 27 heavy (non-hydrogen) atoms. The number of hydrazine groups is 1. The Balaban J connectivity index is 1.86. The van der Waals surface area contributed by atoms with Gasteiger partial charge >= 0.3 is 0 Å². The van der Waals surface area contributed by atoms with Crippen LogP contribution < -0.4 is 21.5 Å². The third kappa shape index (κ3) is 6.66. The second-order valence-corrected chi connectivity index (χ2v) is 6.02. The average molecular weight is 366 g/mol. The molecule has 0 atom stereocenters. The molecule has 2 rings (SSSR count). The molecule has 4 N–H and O–H groups in total. The van der Waals surface area contributed by atoms with Crippen LogP contribution in [0.4, 0.5) is 11.4 Å². The number of nitrogens with one attached hydrogen (secondary N) is 4. The summed E-state index contributed by atoms with van der Waals surface area (Å²) in [4.78, 5) is 35.1. The van der Waals surface area contributed by atoms with E-state index in [9.17, 15) is 14.4 Å². The van der Waals surface area contributed by atoms with E-state index < -0.39 is 0 Å². The Morgan fingerprint density at radius 3 is 1.93 bits per heavy atom. The molecule has 140 valence electrons. The molecule has 0 bridgehead atoms. The minimum Gasteiger partial charge on any atom is -0.326 e. The van der Waals surface area contributed by atoms with Gasteiger partial charge in [-0.05, 0) is 50.2 Å². The molecule has 0 unspecified atom stereocenters. The van der Waals surface area contributed by atoms with Crippen molar-refractivity contribution in [3.05, 3.63) is 71.4 Å². The summed E-state index contributed by atoms with van der Waals surface area (Å²) in [7, 11) is 0. The van der Waals surface area contributed by atoms with E-state index in [-0.39, 0.29) is 17.7 Å². The Morgan fingerprint density at radius 1 is 0.778 bits per heavy atom. The largest absolute Gasteiger partial charge is 0.326 e. The molecule has 0 aromatic heterocycles. The lowest BCUT2D eigenvalue weighted by atomic mass is 10.2. The lowest BCUT2D eigenvalue weighted by Crippen LogP contribution is -2.36.